The maximum Gasteiger partial charge on any atom is 0.254 e. The molecule has 2 fully saturated rings. The summed E-state index contributed by atoms with van der Waals surface area (Å²) in [6.45, 7) is 5.93. The molecule has 0 saturated carbocycles. The van der Waals surface area contributed by atoms with Crippen LogP contribution in [0.15, 0.2) is 48.5 Å². The molecule has 2 heterocycles. The lowest BCUT2D eigenvalue weighted by atomic mass is 10.0. The van der Waals surface area contributed by atoms with E-state index in [1.165, 1.54) is 0 Å². The minimum absolute atomic E-state index is 0.0667. The van der Waals surface area contributed by atoms with Crippen molar-refractivity contribution in [3.8, 4) is 16.9 Å². The lowest BCUT2D eigenvalue weighted by molar-refractivity contribution is 0.0303. The fourth-order valence-electron chi connectivity index (χ4n) is 3.99. The first-order valence-corrected chi connectivity index (χ1v) is 10.8. The normalized spacial score (nSPS) is 19.8. The van der Waals surface area contributed by atoms with Crippen molar-refractivity contribution in [2.75, 3.05) is 52.5 Å². The van der Waals surface area contributed by atoms with Crippen LogP contribution in [0, 0.1) is 0 Å². The van der Waals surface area contributed by atoms with Gasteiger partial charge in [0.15, 0.2) is 0 Å². The number of carbonyl (C=O) groups is 1. The average molecular weight is 411 g/mol. The molecular formula is C24H30N2O4. The number of carbonyl (C=O) groups excluding carboxylic acids is 1. The molecule has 2 aliphatic heterocycles. The van der Waals surface area contributed by atoms with Crippen molar-refractivity contribution in [1.82, 2.24) is 9.80 Å². The van der Waals surface area contributed by atoms with Gasteiger partial charge in [0.1, 0.15) is 5.75 Å². The van der Waals surface area contributed by atoms with E-state index in [0.717, 1.165) is 49.4 Å². The van der Waals surface area contributed by atoms with Gasteiger partial charge >= 0.3 is 0 Å². The molecule has 1 atom stereocenters. The third-order valence-electron chi connectivity index (χ3n) is 5.75. The minimum Gasteiger partial charge on any atom is -0.494 e. The van der Waals surface area contributed by atoms with Crippen LogP contribution in [-0.4, -0.2) is 79.5 Å². The Balaban J connectivity index is 1.26. The maximum atomic E-state index is 12.6. The second kappa shape index (κ2) is 10.1. The van der Waals surface area contributed by atoms with Crippen molar-refractivity contribution in [2.45, 2.75) is 18.9 Å². The molecule has 6 nitrogen and oxygen atoms in total. The number of ether oxygens (including phenoxy) is 2. The highest BCUT2D eigenvalue weighted by molar-refractivity contribution is 5.94. The van der Waals surface area contributed by atoms with Gasteiger partial charge < -0.3 is 24.4 Å². The number of amides is 1. The number of likely N-dealkylation sites (tertiary alicyclic amines) is 1. The Morgan fingerprint density at radius 1 is 1.00 bits per heavy atom. The Morgan fingerprint density at radius 2 is 1.67 bits per heavy atom. The number of hydrogen-bond donors (Lipinski definition) is 1. The van der Waals surface area contributed by atoms with E-state index in [0.29, 0.717) is 38.5 Å². The van der Waals surface area contributed by atoms with Crippen LogP contribution in [0.3, 0.4) is 0 Å². The lowest BCUT2D eigenvalue weighted by Gasteiger charge is -2.26. The third-order valence-corrected chi connectivity index (χ3v) is 5.75. The SMILES string of the molecule is O=C(c1ccc(-c2ccc(OCCCN3CC[C@H](O)C3)cc2)cc1)N1CCOCC1. The number of nitrogens with zero attached hydrogens (tertiary/aromatic N) is 2. The van der Waals surface area contributed by atoms with E-state index in [-0.39, 0.29) is 12.0 Å². The second-order valence-corrected chi connectivity index (χ2v) is 7.95. The van der Waals surface area contributed by atoms with E-state index in [2.05, 4.69) is 4.90 Å². The monoisotopic (exact) mass is 410 g/mol. The molecule has 6 heteroatoms. The molecule has 2 saturated heterocycles. The van der Waals surface area contributed by atoms with Crippen LogP contribution in [0.5, 0.6) is 5.75 Å². The summed E-state index contributed by atoms with van der Waals surface area (Å²) in [7, 11) is 0. The quantitative estimate of drug-likeness (QED) is 0.711. The third kappa shape index (κ3) is 5.39. The Kier molecular flexibility index (Phi) is 7.00. The number of benzene rings is 2. The number of rotatable bonds is 7. The molecule has 2 aromatic rings. The van der Waals surface area contributed by atoms with Crippen LogP contribution in [0.4, 0.5) is 0 Å². The molecule has 2 aromatic carbocycles. The first kappa shape index (κ1) is 20.8. The molecule has 0 radical (unpaired) electrons. The highest BCUT2D eigenvalue weighted by Crippen LogP contribution is 2.23. The van der Waals surface area contributed by atoms with Crippen LogP contribution in [0.25, 0.3) is 11.1 Å². The van der Waals surface area contributed by atoms with Gasteiger partial charge in [-0.2, -0.15) is 0 Å². The lowest BCUT2D eigenvalue weighted by Crippen LogP contribution is -2.40. The molecular weight excluding hydrogens is 380 g/mol. The maximum absolute atomic E-state index is 12.6. The molecule has 0 unspecified atom stereocenters. The molecule has 0 aromatic heterocycles. The molecule has 1 amide bonds. The predicted molar refractivity (Wildman–Crippen MR) is 116 cm³/mol. The van der Waals surface area contributed by atoms with Crippen LogP contribution in [0.2, 0.25) is 0 Å². The van der Waals surface area contributed by atoms with E-state index in [9.17, 15) is 9.90 Å². The van der Waals surface area contributed by atoms with Crippen molar-refractivity contribution in [1.29, 1.82) is 0 Å². The molecule has 160 valence electrons. The van der Waals surface area contributed by atoms with Crippen LogP contribution in [-0.2, 0) is 4.74 Å². The zero-order chi connectivity index (χ0) is 20.8. The first-order valence-electron chi connectivity index (χ1n) is 10.8. The molecule has 0 aliphatic carbocycles. The van der Waals surface area contributed by atoms with Gasteiger partial charge in [-0.15, -0.1) is 0 Å². The van der Waals surface area contributed by atoms with E-state index in [1.807, 2.05) is 53.4 Å². The summed E-state index contributed by atoms with van der Waals surface area (Å²) in [4.78, 5) is 16.7. The zero-order valence-corrected chi connectivity index (χ0v) is 17.3. The Hall–Kier alpha value is -2.41. The van der Waals surface area contributed by atoms with Gasteiger partial charge in [0, 0.05) is 38.3 Å². The van der Waals surface area contributed by atoms with Crippen LogP contribution < -0.4 is 4.74 Å². The Bertz CT molecular complexity index is 816. The summed E-state index contributed by atoms with van der Waals surface area (Å²) in [6.07, 6.45) is 1.67. The van der Waals surface area contributed by atoms with Gasteiger partial charge in [-0.3, -0.25) is 4.79 Å². The summed E-state index contributed by atoms with van der Waals surface area (Å²) in [6, 6.07) is 15.8. The van der Waals surface area contributed by atoms with Gasteiger partial charge in [-0.25, -0.2) is 0 Å². The predicted octanol–water partition coefficient (Wildman–Crippen LogP) is 2.66. The minimum atomic E-state index is -0.162. The molecule has 1 N–H and O–H groups in total. The summed E-state index contributed by atoms with van der Waals surface area (Å²) >= 11 is 0. The summed E-state index contributed by atoms with van der Waals surface area (Å²) in [5, 5.41) is 9.56. The van der Waals surface area contributed by atoms with Gasteiger partial charge in [0.05, 0.1) is 25.9 Å². The van der Waals surface area contributed by atoms with Crippen molar-refractivity contribution in [3.05, 3.63) is 54.1 Å². The van der Waals surface area contributed by atoms with Gasteiger partial charge in [0.25, 0.3) is 5.91 Å². The standard InChI is InChI=1S/C24H30N2O4/c27-22-10-12-25(18-22)11-1-15-30-23-8-6-20(7-9-23)19-2-4-21(5-3-19)24(28)26-13-16-29-17-14-26/h2-9,22,27H,1,10-18H2/t22-/m0/s1. The average Bonchev–Trinajstić information content (AvgIpc) is 3.22. The number of hydrogen-bond acceptors (Lipinski definition) is 5. The van der Waals surface area contributed by atoms with Crippen molar-refractivity contribution in [3.63, 3.8) is 0 Å². The highest BCUT2D eigenvalue weighted by Gasteiger charge is 2.19. The highest BCUT2D eigenvalue weighted by atomic mass is 16.5. The fourth-order valence-corrected chi connectivity index (χ4v) is 3.99. The van der Waals surface area contributed by atoms with Gasteiger partial charge in [0.2, 0.25) is 0 Å². The van der Waals surface area contributed by atoms with Crippen molar-refractivity contribution >= 4 is 5.91 Å². The topological polar surface area (TPSA) is 62.2 Å². The van der Waals surface area contributed by atoms with Crippen LogP contribution >= 0.6 is 0 Å². The summed E-state index contributed by atoms with van der Waals surface area (Å²) in [5.74, 6) is 0.927. The number of aliphatic hydroxyl groups excluding tert-OH is 1. The largest absolute Gasteiger partial charge is 0.494 e. The second-order valence-electron chi connectivity index (χ2n) is 7.95. The number of aliphatic hydroxyl groups is 1. The van der Waals surface area contributed by atoms with E-state index in [4.69, 9.17) is 9.47 Å². The Morgan fingerprint density at radius 3 is 2.30 bits per heavy atom. The van der Waals surface area contributed by atoms with Crippen molar-refractivity contribution < 1.29 is 19.4 Å². The van der Waals surface area contributed by atoms with Crippen molar-refractivity contribution in [2.24, 2.45) is 0 Å². The molecule has 2 aliphatic rings. The molecule has 30 heavy (non-hydrogen) atoms. The summed E-state index contributed by atoms with van der Waals surface area (Å²) < 4.78 is 11.2. The van der Waals surface area contributed by atoms with Gasteiger partial charge in [-0.05, 0) is 48.2 Å². The van der Waals surface area contributed by atoms with Crippen LogP contribution in [0.1, 0.15) is 23.2 Å². The smallest absolute Gasteiger partial charge is 0.254 e. The molecule has 4 rings (SSSR count). The van der Waals surface area contributed by atoms with E-state index in [1.54, 1.807) is 0 Å². The Labute approximate surface area is 178 Å². The zero-order valence-electron chi connectivity index (χ0n) is 17.3. The fraction of sp³-hybridized carbons (Fsp3) is 0.458. The number of β-amino-alcohol motifs (C(OH)–C–C–N with tert-alkyl or cyclic N) is 1. The molecule has 0 bridgehead atoms. The van der Waals surface area contributed by atoms with E-state index < -0.39 is 0 Å². The number of morpholine rings is 1. The first-order chi connectivity index (χ1) is 14.7. The van der Waals surface area contributed by atoms with E-state index >= 15 is 0 Å². The van der Waals surface area contributed by atoms with Gasteiger partial charge in [-0.1, -0.05) is 24.3 Å². The molecule has 0 spiro atoms. The summed E-state index contributed by atoms with van der Waals surface area (Å²) in [5.41, 5.74) is 2.89.